The maximum atomic E-state index is 5.87. The molecule has 1 N–H and O–H groups in total. The second kappa shape index (κ2) is 5.04. The van der Waals surface area contributed by atoms with E-state index >= 15 is 0 Å². The number of hydrogen-bond acceptors (Lipinski definition) is 3. The van der Waals surface area contributed by atoms with Gasteiger partial charge in [-0.05, 0) is 31.4 Å². The first-order chi connectivity index (χ1) is 10.3. The Hall–Kier alpha value is -2.07. The van der Waals surface area contributed by atoms with Crippen LogP contribution in [-0.4, -0.2) is 9.78 Å². The second-order valence-corrected chi connectivity index (χ2v) is 5.75. The average molecular weight is 281 g/mol. The third kappa shape index (κ3) is 2.25. The minimum Gasteiger partial charge on any atom is -0.460 e. The van der Waals surface area contributed by atoms with Crippen molar-refractivity contribution in [1.29, 1.82) is 0 Å². The SMILES string of the molecule is Cn1ncc2c1CCCC2NCc1cc2ccccc2o1. The molecule has 0 amide bonds. The number of furan rings is 1. The van der Waals surface area contributed by atoms with Gasteiger partial charge in [-0.1, -0.05) is 18.2 Å². The van der Waals surface area contributed by atoms with Crippen LogP contribution in [0.15, 0.2) is 40.9 Å². The van der Waals surface area contributed by atoms with Gasteiger partial charge in [-0.25, -0.2) is 0 Å². The number of aryl methyl sites for hydroxylation is 1. The highest BCUT2D eigenvalue weighted by atomic mass is 16.3. The van der Waals surface area contributed by atoms with Gasteiger partial charge in [0.05, 0.1) is 12.7 Å². The van der Waals surface area contributed by atoms with Gasteiger partial charge in [0.2, 0.25) is 0 Å². The van der Waals surface area contributed by atoms with E-state index in [-0.39, 0.29) is 0 Å². The molecule has 1 aliphatic rings. The van der Waals surface area contributed by atoms with Crippen molar-refractivity contribution in [3.05, 3.63) is 53.5 Å². The van der Waals surface area contributed by atoms with E-state index in [9.17, 15) is 0 Å². The Morgan fingerprint density at radius 3 is 3.19 bits per heavy atom. The van der Waals surface area contributed by atoms with Gasteiger partial charge in [-0.2, -0.15) is 5.10 Å². The van der Waals surface area contributed by atoms with Crippen LogP contribution >= 0.6 is 0 Å². The minimum absolute atomic E-state index is 0.385. The molecule has 0 radical (unpaired) electrons. The first-order valence-corrected chi connectivity index (χ1v) is 7.53. The Morgan fingerprint density at radius 2 is 2.29 bits per heavy atom. The fraction of sp³-hybridized carbons (Fsp3) is 0.353. The summed E-state index contributed by atoms with van der Waals surface area (Å²) in [5.41, 5.74) is 3.67. The van der Waals surface area contributed by atoms with Crippen LogP contribution in [0.4, 0.5) is 0 Å². The molecule has 1 aromatic carbocycles. The Labute approximate surface area is 123 Å². The van der Waals surface area contributed by atoms with Crippen LogP contribution in [0.25, 0.3) is 11.0 Å². The summed E-state index contributed by atoms with van der Waals surface area (Å²) in [5.74, 6) is 0.993. The van der Waals surface area contributed by atoms with Gasteiger partial charge in [0.15, 0.2) is 0 Å². The predicted octanol–water partition coefficient (Wildman–Crippen LogP) is 3.33. The smallest absolute Gasteiger partial charge is 0.134 e. The van der Waals surface area contributed by atoms with E-state index in [4.69, 9.17) is 4.42 Å². The van der Waals surface area contributed by atoms with Gasteiger partial charge in [-0.15, -0.1) is 0 Å². The molecule has 3 aromatic rings. The van der Waals surface area contributed by atoms with E-state index < -0.39 is 0 Å². The van der Waals surface area contributed by atoms with Crippen molar-refractivity contribution in [2.75, 3.05) is 0 Å². The van der Waals surface area contributed by atoms with Crippen LogP contribution in [0.3, 0.4) is 0 Å². The van der Waals surface area contributed by atoms with E-state index in [1.54, 1.807) is 0 Å². The van der Waals surface area contributed by atoms with Crippen molar-refractivity contribution in [3.8, 4) is 0 Å². The van der Waals surface area contributed by atoms with Gasteiger partial charge < -0.3 is 9.73 Å². The molecule has 0 saturated heterocycles. The molecular weight excluding hydrogens is 262 g/mol. The van der Waals surface area contributed by atoms with Crippen molar-refractivity contribution in [1.82, 2.24) is 15.1 Å². The average Bonchev–Trinajstić information content (AvgIpc) is 3.09. The number of benzene rings is 1. The van der Waals surface area contributed by atoms with Crippen LogP contribution in [0.5, 0.6) is 0 Å². The zero-order chi connectivity index (χ0) is 14.2. The lowest BCUT2D eigenvalue weighted by atomic mass is 9.93. The topological polar surface area (TPSA) is 43.0 Å². The Kier molecular flexibility index (Phi) is 3.04. The first kappa shape index (κ1) is 12.7. The Bertz CT molecular complexity index is 738. The third-order valence-corrected chi connectivity index (χ3v) is 4.37. The first-order valence-electron chi connectivity index (χ1n) is 7.53. The zero-order valence-electron chi connectivity index (χ0n) is 12.2. The lowest BCUT2D eigenvalue weighted by Crippen LogP contribution is -2.24. The van der Waals surface area contributed by atoms with Crippen molar-refractivity contribution in [2.45, 2.75) is 31.8 Å². The second-order valence-electron chi connectivity index (χ2n) is 5.75. The quantitative estimate of drug-likeness (QED) is 0.800. The van der Waals surface area contributed by atoms with Crippen LogP contribution in [0.2, 0.25) is 0 Å². The summed E-state index contributed by atoms with van der Waals surface area (Å²) in [7, 11) is 2.03. The Morgan fingerprint density at radius 1 is 1.38 bits per heavy atom. The van der Waals surface area contributed by atoms with E-state index in [1.807, 2.05) is 36.1 Å². The molecule has 1 unspecified atom stereocenters. The lowest BCUT2D eigenvalue weighted by Gasteiger charge is -2.23. The highest BCUT2D eigenvalue weighted by Gasteiger charge is 2.23. The molecule has 1 aliphatic carbocycles. The fourth-order valence-corrected chi connectivity index (χ4v) is 3.27. The van der Waals surface area contributed by atoms with E-state index in [0.717, 1.165) is 24.3 Å². The van der Waals surface area contributed by atoms with Crippen LogP contribution in [-0.2, 0) is 20.0 Å². The van der Waals surface area contributed by atoms with Crippen LogP contribution < -0.4 is 5.32 Å². The molecule has 4 nitrogen and oxygen atoms in total. The molecular formula is C17H19N3O. The molecule has 4 rings (SSSR count). The number of rotatable bonds is 3. The number of hydrogen-bond donors (Lipinski definition) is 1. The summed E-state index contributed by atoms with van der Waals surface area (Å²) in [6.45, 7) is 0.758. The maximum Gasteiger partial charge on any atom is 0.134 e. The molecule has 108 valence electrons. The molecule has 0 aliphatic heterocycles. The Balaban J connectivity index is 1.52. The molecule has 21 heavy (non-hydrogen) atoms. The van der Waals surface area contributed by atoms with Crippen molar-refractivity contribution >= 4 is 11.0 Å². The molecule has 0 bridgehead atoms. The molecule has 1 atom stereocenters. The van der Waals surface area contributed by atoms with Gasteiger partial charge in [0.1, 0.15) is 11.3 Å². The maximum absolute atomic E-state index is 5.87. The zero-order valence-corrected chi connectivity index (χ0v) is 12.2. The molecule has 2 aromatic heterocycles. The number of nitrogens with zero attached hydrogens (tertiary/aromatic N) is 2. The standard InChI is InChI=1S/C17H19N3O/c1-20-16-7-4-6-15(14(16)11-19-20)18-10-13-9-12-5-2-3-8-17(12)21-13/h2-3,5,8-9,11,15,18H,4,6-7,10H2,1H3. The largest absolute Gasteiger partial charge is 0.460 e. The summed E-state index contributed by atoms with van der Waals surface area (Å²) < 4.78 is 7.87. The highest BCUT2D eigenvalue weighted by molar-refractivity contribution is 5.77. The van der Waals surface area contributed by atoms with Crippen LogP contribution in [0, 0.1) is 0 Å². The summed E-state index contributed by atoms with van der Waals surface area (Å²) in [5, 5.41) is 9.18. The summed E-state index contributed by atoms with van der Waals surface area (Å²) in [6, 6.07) is 10.6. The summed E-state index contributed by atoms with van der Waals surface area (Å²) in [4.78, 5) is 0. The van der Waals surface area contributed by atoms with Gasteiger partial charge in [0, 0.05) is 29.7 Å². The lowest BCUT2D eigenvalue weighted by molar-refractivity contribution is 0.422. The highest BCUT2D eigenvalue weighted by Crippen LogP contribution is 2.29. The van der Waals surface area contributed by atoms with Crippen LogP contribution in [0.1, 0.15) is 35.9 Å². The van der Waals surface area contributed by atoms with Gasteiger partial charge >= 0.3 is 0 Å². The van der Waals surface area contributed by atoms with E-state index in [0.29, 0.717) is 6.04 Å². The fourth-order valence-electron chi connectivity index (χ4n) is 3.27. The van der Waals surface area contributed by atoms with Crippen molar-refractivity contribution in [3.63, 3.8) is 0 Å². The van der Waals surface area contributed by atoms with Gasteiger partial charge in [0.25, 0.3) is 0 Å². The molecule has 4 heteroatoms. The number of fused-ring (bicyclic) bond motifs is 2. The molecule has 2 heterocycles. The van der Waals surface area contributed by atoms with Gasteiger partial charge in [-0.3, -0.25) is 4.68 Å². The van der Waals surface area contributed by atoms with Crippen molar-refractivity contribution < 1.29 is 4.42 Å². The normalized spacial score (nSPS) is 18.0. The summed E-state index contributed by atoms with van der Waals surface area (Å²) >= 11 is 0. The van der Waals surface area contributed by atoms with E-state index in [2.05, 4.69) is 22.5 Å². The number of para-hydroxylation sites is 1. The molecule has 0 spiro atoms. The third-order valence-electron chi connectivity index (χ3n) is 4.37. The molecule has 0 saturated carbocycles. The number of aromatic nitrogens is 2. The molecule has 0 fully saturated rings. The van der Waals surface area contributed by atoms with E-state index in [1.165, 1.54) is 29.5 Å². The monoisotopic (exact) mass is 281 g/mol. The number of nitrogens with one attached hydrogen (secondary N) is 1. The predicted molar refractivity (Wildman–Crippen MR) is 81.9 cm³/mol. The minimum atomic E-state index is 0.385. The summed E-state index contributed by atoms with van der Waals surface area (Å²) in [6.07, 6.45) is 5.52. The van der Waals surface area contributed by atoms with Crippen molar-refractivity contribution in [2.24, 2.45) is 7.05 Å².